The zero-order chi connectivity index (χ0) is 13.6. The van der Waals surface area contributed by atoms with E-state index in [0.29, 0.717) is 11.0 Å². The lowest BCUT2D eigenvalue weighted by atomic mass is 10.1. The first-order valence-corrected chi connectivity index (χ1v) is 5.69. The van der Waals surface area contributed by atoms with Gasteiger partial charge in [0.1, 0.15) is 23.8 Å². The van der Waals surface area contributed by atoms with E-state index < -0.39 is 24.5 Å². The van der Waals surface area contributed by atoms with E-state index in [1.54, 1.807) is 0 Å². The van der Waals surface area contributed by atoms with Gasteiger partial charge in [-0.3, -0.25) is 4.57 Å². The molecule has 2 aromatic rings. The number of ether oxygens (including phenoxy) is 1. The van der Waals surface area contributed by atoms with Crippen LogP contribution in [0.3, 0.4) is 0 Å². The van der Waals surface area contributed by atoms with E-state index in [0.717, 1.165) is 0 Å². The SMILES string of the molecule is Nc1nncc2c1ncn2C1OC(CO)C(O)C1O. The molecule has 0 radical (unpaired) electrons. The molecule has 5 N–H and O–H groups in total. The Kier molecular flexibility index (Phi) is 2.82. The maximum absolute atomic E-state index is 9.96. The standard InChI is InChI=1S/C10H13N5O4/c11-9-6-4(1-13-14-9)15(3-12-6)10-8(18)7(17)5(2-16)19-10/h1,3,5,7-8,10,16-18H,2H2,(H2,11,14). The van der Waals surface area contributed by atoms with E-state index in [1.165, 1.54) is 17.1 Å². The molecule has 0 bridgehead atoms. The van der Waals surface area contributed by atoms with Gasteiger partial charge in [-0.2, -0.15) is 5.10 Å². The number of fused-ring (bicyclic) bond motifs is 1. The van der Waals surface area contributed by atoms with Crippen LogP contribution in [0.2, 0.25) is 0 Å². The van der Waals surface area contributed by atoms with Gasteiger partial charge in [-0.1, -0.05) is 0 Å². The molecule has 19 heavy (non-hydrogen) atoms. The van der Waals surface area contributed by atoms with Crippen molar-refractivity contribution >= 4 is 16.9 Å². The summed E-state index contributed by atoms with van der Waals surface area (Å²) < 4.78 is 6.92. The molecular weight excluding hydrogens is 254 g/mol. The number of rotatable bonds is 2. The van der Waals surface area contributed by atoms with Crippen molar-refractivity contribution in [3.8, 4) is 0 Å². The maximum Gasteiger partial charge on any atom is 0.174 e. The van der Waals surface area contributed by atoms with E-state index in [-0.39, 0.29) is 12.4 Å². The van der Waals surface area contributed by atoms with Gasteiger partial charge in [0.25, 0.3) is 0 Å². The van der Waals surface area contributed by atoms with Crippen molar-refractivity contribution in [1.29, 1.82) is 0 Å². The van der Waals surface area contributed by atoms with Crippen LogP contribution in [0.1, 0.15) is 6.23 Å². The molecule has 1 saturated heterocycles. The summed E-state index contributed by atoms with van der Waals surface area (Å²) in [6.07, 6.45) is -1.19. The third-order valence-corrected chi connectivity index (χ3v) is 3.21. The van der Waals surface area contributed by atoms with E-state index in [4.69, 9.17) is 15.6 Å². The zero-order valence-corrected chi connectivity index (χ0v) is 9.79. The predicted octanol–water partition coefficient (Wildman–Crippen LogP) is -1.98. The van der Waals surface area contributed by atoms with Crippen LogP contribution in [0.25, 0.3) is 11.0 Å². The average Bonchev–Trinajstić information content (AvgIpc) is 2.94. The number of nitrogen functional groups attached to an aromatic ring is 1. The highest BCUT2D eigenvalue weighted by atomic mass is 16.6. The third-order valence-electron chi connectivity index (χ3n) is 3.21. The largest absolute Gasteiger partial charge is 0.394 e. The lowest BCUT2D eigenvalue weighted by Gasteiger charge is -2.16. The molecule has 0 aromatic carbocycles. The first-order valence-electron chi connectivity index (χ1n) is 5.69. The van der Waals surface area contributed by atoms with Crippen molar-refractivity contribution < 1.29 is 20.1 Å². The fourth-order valence-corrected chi connectivity index (χ4v) is 2.20. The number of nitrogens with zero attached hydrogens (tertiary/aromatic N) is 4. The molecule has 0 aliphatic carbocycles. The summed E-state index contributed by atoms with van der Waals surface area (Å²) in [6, 6.07) is 0. The molecule has 3 rings (SSSR count). The second kappa shape index (κ2) is 4.38. The average molecular weight is 267 g/mol. The molecule has 102 valence electrons. The molecule has 4 atom stereocenters. The molecule has 2 aromatic heterocycles. The van der Waals surface area contributed by atoms with Crippen LogP contribution in [0.5, 0.6) is 0 Å². The van der Waals surface area contributed by atoms with Gasteiger partial charge in [-0.15, -0.1) is 5.10 Å². The second-order valence-corrected chi connectivity index (χ2v) is 4.34. The molecule has 1 aliphatic heterocycles. The molecule has 3 heterocycles. The highest BCUT2D eigenvalue weighted by molar-refractivity contribution is 5.83. The van der Waals surface area contributed by atoms with Crippen LogP contribution in [-0.2, 0) is 4.74 Å². The summed E-state index contributed by atoms with van der Waals surface area (Å²) in [6.45, 7) is -0.386. The minimum absolute atomic E-state index is 0.169. The normalized spacial score (nSPS) is 31.1. The summed E-state index contributed by atoms with van der Waals surface area (Å²) >= 11 is 0. The van der Waals surface area contributed by atoms with E-state index in [1.807, 2.05) is 0 Å². The van der Waals surface area contributed by atoms with Gasteiger partial charge in [0.15, 0.2) is 12.0 Å². The zero-order valence-electron chi connectivity index (χ0n) is 9.79. The van der Waals surface area contributed by atoms with Gasteiger partial charge >= 0.3 is 0 Å². The number of aliphatic hydroxyl groups is 3. The molecule has 0 amide bonds. The molecule has 9 nitrogen and oxygen atoms in total. The predicted molar refractivity (Wildman–Crippen MR) is 62.7 cm³/mol. The minimum Gasteiger partial charge on any atom is -0.394 e. The summed E-state index contributed by atoms with van der Waals surface area (Å²) in [5, 5.41) is 36.1. The van der Waals surface area contributed by atoms with Crippen LogP contribution < -0.4 is 5.73 Å². The Hall–Kier alpha value is -1.81. The number of anilines is 1. The third kappa shape index (κ3) is 1.75. The van der Waals surface area contributed by atoms with Crippen molar-refractivity contribution in [1.82, 2.24) is 19.7 Å². The van der Waals surface area contributed by atoms with E-state index >= 15 is 0 Å². The Bertz CT molecular complexity index is 603. The van der Waals surface area contributed by atoms with Gasteiger partial charge < -0.3 is 25.8 Å². The van der Waals surface area contributed by atoms with Crippen molar-refractivity contribution in [2.24, 2.45) is 0 Å². The fourth-order valence-electron chi connectivity index (χ4n) is 2.20. The topological polar surface area (TPSA) is 140 Å². The van der Waals surface area contributed by atoms with Gasteiger partial charge in [0.2, 0.25) is 0 Å². The Morgan fingerprint density at radius 2 is 2.16 bits per heavy atom. The molecule has 1 aliphatic rings. The first-order chi connectivity index (χ1) is 9.13. The first kappa shape index (κ1) is 12.2. The minimum atomic E-state index is -1.18. The second-order valence-electron chi connectivity index (χ2n) is 4.34. The van der Waals surface area contributed by atoms with Crippen LogP contribution in [-0.4, -0.2) is 60.0 Å². The molecule has 0 saturated carbocycles. The van der Waals surface area contributed by atoms with Gasteiger partial charge in [-0.05, 0) is 0 Å². The molecule has 4 unspecified atom stereocenters. The summed E-state index contributed by atoms with van der Waals surface area (Å²) in [5.41, 5.74) is 6.61. The smallest absolute Gasteiger partial charge is 0.174 e. The lowest BCUT2D eigenvalue weighted by molar-refractivity contribution is -0.0509. The Labute approximate surface area is 107 Å². The maximum atomic E-state index is 9.96. The number of imidazole rings is 1. The summed E-state index contributed by atoms with van der Waals surface area (Å²) in [4.78, 5) is 4.07. The lowest BCUT2D eigenvalue weighted by Crippen LogP contribution is -2.33. The summed E-state index contributed by atoms with van der Waals surface area (Å²) in [5.74, 6) is 0.169. The number of hydrogen-bond donors (Lipinski definition) is 4. The van der Waals surface area contributed by atoms with E-state index in [2.05, 4.69) is 15.2 Å². The highest BCUT2D eigenvalue weighted by Crippen LogP contribution is 2.31. The van der Waals surface area contributed by atoms with Crippen LogP contribution >= 0.6 is 0 Å². The van der Waals surface area contributed by atoms with Crippen molar-refractivity contribution in [2.75, 3.05) is 12.3 Å². The van der Waals surface area contributed by atoms with E-state index in [9.17, 15) is 10.2 Å². The number of aliphatic hydroxyl groups excluding tert-OH is 3. The van der Waals surface area contributed by atoms with Crippen molar-refractivity contribution in [3.63, 3.8) is 0 Å². The van der Waals surface area contributed by atoms with Gasteiger partial charge in [-0.25, -0.2) is 4.98 Å². The van der Waals surface area contributed by atoms with Crippen LogP contribution in [0, 0.1) is 0 Å². The Morgan fingerprint density at radius 1 is 1.37 bits per heavy atom. The van der Waals surface area contributed by atoms with Crippen molar-refractivity contribution in [2.45, 2.75) is 24.5 Å². The molecule has 1 fully saturated rings. The molecule has 0 spiro atoms. The number of aromatic nitrogens is 4. The Balaban J connectivity index is 2.04. The fraction of sp³-hybridized carbons (Fsp3) is 0.500. The van der Waals surface area contributed by atoms with Gasteiger partial charge in [0, 0.05) is 0 Å². The number of nitrogens with two attached hydrogens (primary N) is 1. The number of hydrogen-bond acceptors (Lipinski definition) is 8. The monoisotopic (exact) mass is 267 g/mol. The summed E-state index contributed by atoms with van der Waals surface area (Å²) in [7, 11) is 0. The highest BCUT2D eigenvalue weighted by Gasteiger charge is 2.43. The Morgan fingerprint density at radius 3 is 2.84 bits per heavy atom. The van der Waals surface area contributed by atoms with Crippen LogP contribution in [0.4, 0.5) is 5.82 Å². The molecule has 9 heteroatoms. The van der Waals surface area contributed by atoms with Crippen LogP contribution in [0.15, 0.2) is 12.5 Å². The van der Waals surface area contributed by atoms with Gasteiger partial charge in [0.05, 0.1) is 24.6 Å². The molecular formula is C10H13N5O4. The quantitative estimate of drug-likeness (QED) is 0.491. The van der Waals surface area contributed by atoms with Crippen molar-refractivity contribution in [3.05, 3.63) is 12.5 Å².